The van der Waals surface area contributed by atoms with Gasteiger partial charge in [0, 0.05) is 18.2 Å². The summed E-state index contributed by atoms with van der Waals surface area (Å²) in [5, 5.41) is 0. The molecular weight excluding hydrogens is 266 g/mol. The summed E-state index contributed by atoms with van der Waals surface area (Å²) >= 11 is 0. The van der Waals surface area contributed by atoms with E-state index in [0.29, 0.717) is 13.0 Å². The van der Waals surface area contributed by atoms with Crippen LogP contribution < -0.4 is 4.74 Å². The third-order valence-electron chi connectivity index (χ3n) is 4.02. The maximum absolute atomic E-state index is 11.6. The number of carbonyl (C=O) groups is 1. The molecule has 1 aliphatic heterocycles. The molecule has 4 nitrogen and oxygen atoms in total. The number of methoxy groups -OCH3 is 1. The molecule has 0 amide bonds. The molecule has 116 valence electrons. The van der Waals surface area contributed by atoms with Crippen LogP contribution in [0.15, 0.2) is 24.3 Å². The topological polar surface area (TPSA) is 38.8 Å². The van der Waals surface area contributed by atoms with Gasteiger partial charge < -0.3 is 9.47 Å². The molecule has 1 aromatic rings. The van der Waals surface area contributed by atoms with Crippen LogP contribution in [-0.2, 0) is 16.1 Å². The van der Waals surface area contributed by atoms with Crippen molar-refractivity contribution >= 4 is 5.97 Å². The van der Waals surface area contributed by atoms with E-state index in [1.165, 1.54) is 25.5 Å². The van der Waals surface area contributed by atoms with Crippen LogP contribution in [0.1, 0.15) is 38.2 Å². The molecule has 21 heavy (non-hydrogen) atoms. The molecule has 1 heterocycles. The maximum atomic E-state index is 11.6. The largest absolute Gasteiger partial charge is 0.494 e. The first-order chi connectivity index (χ1) is 10.2. The van der Waals surface area contributed by atoms with Gasteiger partial charge in [-0.2, -0.15) is 0 Å². The number of para-hydroxylation sites is 1. The summed E-state index contributed by atoms with van der Waals surface area (Å²) in [5.74, 6) is 0.826. The monoisotopic (exact) mass is 291 g/mol. The number of rotatable bonds is 6. The third-order valence-corrected chi connectivity index (χ3v) is 4.02. The van der Waals surface area contributed by atoms with Crippen LogP contribution in [-0.4, -0.2) is 37.2 Å². The average molecular weight is 291 g/mol. The van der Waals surface area contributed by atoms with Gasteiger partial charge in [0.2, 0.25) is 0 Å². The second-order valence-corrected chi connectivity index (χ2v) is 5.44. The lowest BCUT2D eigenvalue weighted by atomic mass is 9.98. The first-order valence-electron chi connectivity index (χ1n) is 7.76. The van der Waals surface area contributed by atoms with Crippen molar-refractivity contribution in [2.45, 2.75) is 45.2 Å². The van der Waals surface area contributed by atoms with Crippen molar-refractivity contribution in [1.82, 2.24) is 4.90 Å². The van der Waals surface area contributed by atoms with Crippen LogP contribution in [0.2, 0.25) is 0 Å². The summed E-state index contributed by atoms with van der Waals surface area (Å²) in [6.45, 7) is 4.53. The first kappa shape index (κ1) is 15.8. The van der Waals surface area contributed by atoms with E-state index < -0.39 is 0 Å². The quantitative estimate of drug-likeness (QED) is 0.755. The van der Waals surface area contributed by atoms with Gasteiger partial charge in [-0.3, -0.25) is 9.69 Å². The molecule has 0 spiro atoms. The smallest absolute Gasteiger partial charge is 0.307 e. The molecule has 1 aliphatic rings. The summed E-state index contributed by atoms with van der Waals surface area (Å²) in [4.78, 5) is 14.0. The molecule has 0 aromatic heterocycles. The minimum atomic E-state index is -0.120. The molecule has 1 aromatic carbocycles. The van der Waals surface area contributed by atoms with Crippen molar-refractivity contribution in [3.8, 4) is 5.75 Å². The van der Waals surface area contributed by atoms with Gasteiger partial charge in [-0.05, 0) is 32.4 Å². The summed E-state index contributed by atoms with van der Waals surface area (Å²) < 4.78 is 10.5. The summed E-state index contributed by atoms with van der Waals surface area (Å²) in [7, 11) is 1.46. The predicted octanol–water partition coefficient (Wildman–Crippen LogP) is 3.00. The van der Waals surface area contributed by atoms with E-state index in [4.69, 9.17) is 9.47 Å². The highest BCUT2D eigenvalue weighted by Crippen LogP contribution is 2.26. The Hall–Kier alpha value is -1.55. The van der Waals surface area contributed by atoms with Crippen molar-refractivity contribution in [3.63, 3.8) is 0 Å². The highest BCUT2D eigenvalue weighted by Gasteiger charge is 2.25. The molecule has 1 unspecified atom stereocenters. The SMILES string of the molecule is CCOc1ccccc1CN1CCCCC1CC(=O)OC. The Kier molecular flexibility index (Phi) is 6.05. The second kappa shape index (κ2) is 8.03. The molecule has 0 radical (unpaired) electrons. The number of ether oxygens (including phenoxy) is 2. The van der Waals surface area contributed by atoms with E-state index in [0.717, 1.165) is 25.3 Å². The zero-order valence-corrected chi connectivity index (χ0v) is 13.0. The number of benzene rings is 1. The number of hydrogen-bond acceptors (Lipinski definition) is 4. The summed E-state index contributed by atoms with van der Waals surface area (Å²) in [5.41, 5.74) is 1.19. The molecule has 0 aliphatic carbocycles. The average Bonchev–Trinajstić information content (AvgIpc) is 2.51. The lowest BCUT2D eigenvalue weighted by Gasteiger charge is -2.35. The van der Waals surface area contributed by atoms with Crippen molar-refractivity contribution in [2.75, 3.05) is 20.3 Å². The van der Waals surface area contributed by atoms with Crippen LogP contribution >= 0.6 is 0 Å². The van der Waals surface area contributed by atoms with Crippen LogP contribution in [0.25, 0.3) is 0 Å². The Bertz CT molecular complexity index is 461. The highest BCUT2D eigenvalue weighted by molar-refractivity contribution is 5.69. The molecular formula is C17H25NO3. The summed E-state index contributed by atoms with van der Waals surface area (Å²) in [6.07, 6.45) is 3.92. The third kappa shape index (κ3) is 4.46. The van der Waals surface area contributed by atoms with Crippen molar-refractivity contribution < 1.29 is 14.3 Å². The van der Waals surface area contributed by atoms with Gasteiger partial charge in [-0.1, -0.05) is 24.6 Å². The zero-order valence-electron chi connectivity index (χ0n) is 13.0. The van der Waals surface area contributed by atoms with Gasteiger partial charge in [0.1, 0.15) is 5.75 Å². The number of hydrogen-bond donors (Lipinski definition) is 0. The van der Waals surface area contributed by atoms with Crippen molar-refractivity contribution in [2.24, 2.45) is 0 Å². The molecule has 0 saturated carbocycles. The van der Waals surface area contributed by atoms with Crippen LogP contribution in [0.4, 0.5) is 0 Å². The minimum absolute atomic E-state index is 0.120. The zero-order chi connectivity index (χ0) is 15.1. The Morgan fingerprint density at radius 1 is 1.33 bits per heavy atom. The Balaban J connectivity index is 2.06. The molecule has 1 saturated heterocycles. The van der Waals surface area contributed by atoms with Crippen LogP contribution in [0, 0.1) is 0 Å². The number of esters is 1. The number of nitrogens with zero attached hydrogens (tertiary/aromatic N) is 1. The van der Waals surface area contributed by atoms with Gasteiger partial charge in [-0.15, -0.1) is 0 Å². The van der Waals surface area contributed by atoms with E-state index in [9.17, 15) is 4.79 Å². The fourth-order valence-corrected chi connectivity index (χ4v) is 2.92. The number of likely N-dealkylation sites (tertiary alicyclic amines) is 1. The first-order valence-corrected chi connectivity index (χ1v) is 7.76. The lowest BCUT2D eigenvalue weighted by molar-refractivity contribution is -0.142. The predicted molar refractivity (Wildman–Crippen MR) is 82.3 cm³/mol. The molecule has 0 bridgehead atoms. The second-order valence-electron chi connectivity index (χ2n) is 5.44. The normalized spacial score (nSPS) is 19.2. The fraction of sp³-hybridized carbons (Fsp3) is 0.588. The lowest BCUT2D eigenvalue weighted by Crippen LogP contribution is -2.40. The Labute approximate surface area is 127 Å². The van der Waals surface area contributed by atoms with Gasteiger partial charge in [0.15, 0.2) is 0 Å². The van der Waals surface area contributed by atoms with Crippen LogP contribution in [0.5, 0.6) is 5.75 Å². The standard InChI is InChI=1S/C17H25NO3/c1-3-21-16-10-5-4-8-14(16)13-18-11-7-6-9-15(18)12-17(19)20-2/h4-5,8,10,15H,3,6-7,9,11-13H2,1-2H3. The van der Waals surface area contributed by atoms with E-state index >= 15 is 0 Å². The van der Waals surface area contributed by atoms with Gasteiger partial charge in [0.25, 0.3) is 0 Å². The van der Waals surface area contributed by atoms with Gasteiger partial charge in [-0.25, -0.2) is 0 Å². The summed E-state index contributed by atoms with van der Waals surface area (Å²) in [6, 6.07) is 8.43. The Morgan fingerprint density at radius 2 is 2.14 bits per heavy atom. The Morgan fingerprint density at radius 3 is 2.90 bits per heavy atom. The molecule has 2 rings (SSSR count). The van der Waals surface area contributed by atoms with E-state index in [1.807, 2.05) is 25.1 Å². The molecule has 4 heteroatoms. The molecule has 0 N–H and O–H groups in total. The van der Waals surface area contributed by atoms with Crippen LogP contribution in [0.3, 0.4) is 0 Å². The molecule has 1 fully saturated rings. The van der Waals surface area contributed by atoms with Crippen molar-refractivity contribution in [1.29, 1.82) is 0 Å². The fourth-order valence-electron chi connectivity index (χ4n) is 2.92. The maximum Gasteiger partial charge on any atom is 0.307 e. The van der Waals surface area contributed by atoms with Gasteiger partial charge in [0.05, 0.1) is 20.1 Å². The van der Waals surface area contributed by atoms with E-state index in [2.05, 4.69) is 11.0 Å². The van der Waals surface area contributed by atoms with E-state index in [1.54, 1.807) is 0 Å². The van der Waals surface area contributed by atoms with Gasteiger partial charge >= 0.3 is 5.97 Å². The number of carbonyl (C=O) groups excluding carboxylic acids is 1. The highest BCUT2D eigenvalue weighted by atomic mass is 16.5. The molecule has 1 atom stereocenters. The van der Waals surface area contributed by atoms with E-state index in [-0.39, 0.29) is 12.0 Å². The number of piperidine rings is 1. The van der Waals surface area contributed by atoms with Crippen molar-refractivity contribution in [3.05, 3.63) is 29.8 Å². The minimum Gasteiger partial charge on any atom is -0.494 e.